The molecule has 0 aromatic heterocycles. The third-order valence-electron chi connectivity index (χ3n) is 4.36. The van der Waals surface area contributed by atoms with E-state index in [4.69, 9.17) is 12.2 Å². The lowest BCUT2D eigenvalue weighted by atomic mass is 9.76. The zero-order valence-electron chi connectivity index (χ0n) is 11.7. The third kappa shape index (κ3) is 4.01. The van der Waals surface area contributed by atoms with Crippen LogP contribution in [0.15, 0.2) is 0 Å². The van der Waals surface area contributed by atoms with Crippen LogP contribution in [0.1, 0.15) is 52.9 Å². The van der Waals surface area contributed by atoms with Crippen LogP contribution >= 0.6 is 0 Å². The summed E-state index contributed by atoms with van der Waals surface area (Å²) in [6.45, 7) is 8.38. The molecule has 0 amide bonds. The van der Waals surface area contributed by atoms with Gasteiger partial charge in [-0.15, -0.1) is 6.42 Å². The molecule has 1 rings (SSSR count). The van der Waals surface area contributed by atoms with Crippen molar-refractivity contribution in [2.75, 3.05) is 13.1 Å². The molecule has 0 bridgehead atoms. The van der Waals surface area contributed by atoms with Crippen LogP contribution in [-0.2, 0) is 0 Å². The standard InChI is InChI=1S/C15H28N2/c1-5-11-17-15(12-16)9-6-7-13(8-10-15)14(2,3)4/h1,13,17H,6-12,16H2,2-4H3. The molecule has 1 saturated carbocycles. The van der Waals surface area contributed by atoms with Crippen LogP contribution in [0.3, 0.4) is 0 Å². The molecule has 2 atom stereocenters. The summed E-state index contributed by atoms with van der Waals surface area (Å²) in [6, 6.07) is 0. The Labute approximate surface area is 107 Å². The van der Waals surface area contributed by atoms with Crippen LogP contribution in [0, 0.1) is 23.7 Å². The quantitative estimate of drug-likeness (QED) is 0.584. The van der Waals surface area contributed by atoms with E-state index in [9.17, 15) is 0 Å². The van der Waals surface area contributed by atoms with E-state index in [-0.39, 0.29) is 5.54 Å². The van der Waals surface area contributed by atoms with Crippen LogP contribution < -0.4 is 11.1 Å². The van der Waals surface area contributed by atoms with Crippen molar-refractivity contribution in [2.45, 2.75) is 58.4 Å². The molecule has 0 aromatic carbocycles. The highest BCUT2D eigenvalue weighted by molar-refractivity contribution is 4.98. The van der Waals surface area contributed by atoms with Gasteiger partial charge in [0.2, 0.25) is 0 Å². The molecule has 98 valence electrons. The summed E-state index contributed by atoms with van der Waals surface area (Å²) in [6.07, 6.45) is 11.5. The summed E-state index contributed by atoms with van der Waals surface area (Å²) in [7, 11) is 0. The first-order valence-corrected chi connectivity index (χ1v) is 6.82. The van der Waals surface area contributed by atoms with E-state index in [1.54, 1.807) is 0 Å². The molecular formula is C15H28N2. The van der Waals surface area contributed by atoms with Gasteiger partial charge in [-0.05, 0) is 37.0 Å². The normalized spacial score (nSPS) is 30.6. The number of terminal acetylenes is 1. The number of hydrogen-bond acceptors (Lipinski definition) is 2. The molecule has 0 saturated heterocycles. The van der Waals surface area contributed by atoms with Crippen molar-refractivity contribution in [1.29, 1.82) is 0 Å². The summed E-state index contributed by atoms with van der Waals surface area (Å²) in [4.78, 5) is 0. The van der Waals surface area contributed by atoms with E-state index in [1.165, 1.54) is 19.3 Å². The van der Waals surface area contributed by atoms with Gasteiger partial charge in [0.25, 0.3) is 0 Å². The Kier molecular flexibility index (Phi) is 5.04. The number of nitrogens with two attached hydrogens (primary N) is 1. The minimum Gasteiger partial charge on any atom is -0.329 e. The summed E-state index contributed by atoms with van der Waals surface area (Å²) in [5.74, 6) is 3.48. The van der Waals surface area contributed by atoms with Gasteiger partial charge in [-0.1, -0.05) is 33.1 Å². The highest BCUT2D eigenvalue weighted by Gasteiger charge is 2.34. The summed E-state index contributed by atoms with van der Waals surface area (Å²) in [5.41, 5.74) is 6.48. The molecule has 1 aliphatic rings. The first-order chi connectivity index (χ1) is 7.93. The fourth-order valence-corrected chi connectivity index (χ4v) is 2.96. The second-order valence-corrected chi connectivity index (χ2v) is 6.54. The Morgan fingerprint density at radius 2 is 2.06 bits per heavy atom. The second kappa shape index (κ2) is 5.89. The summed E-state index contributed by atoms with van der Waals surface area (Å²) < 4.78 is 0. The molecule has 3 N–H and O–H groups in total. The molecule has 1 aliphatic carbocycles. The topological polar surface area (TPSA) is 38.0 Å². The fraction of sp³-hybridized carbons (Fsp3) is 0.867. The molecular weight excluding hydrogens is 208 g/mol. The Balaban J connectivity index is 2.64. The van der Waals surface area contributed by atoms with Crippen molar-refractivity contribution in [3.63, 3.8) is 0 Å². The molecule has 0 spiro atoms. The lowest BCUT2D eigenvalue weighted by Crippen LogP contribution is -2.51. The van der Waals surface area contributed by atoms with Crippen molar-refractivity contribution >= 4 is 0 Å². The lowest BCUT2D eigenvalue weighted by Gasteiger charge is -2.33. The molecule has 1 fully saturated rings. The van der Waals surface area contributed by atoms with Crippen LogP contribution in [0.4, 0.5) is 0 Å². The smallest absolute Gasteiger partial charge is 0.0578 e. The Bertz CT molecular complexity index is 272. The van der Waals surface area contributed by atoms with Crippen molar-refractivity contribution < 1.29 is 0 Å². The van der Waals surface area contributed by atoms with E-state index in [0.29, 0.717) is 18.5 Å². The lowest BCUT2D eigenvalue weighted by molar-refractivity contribution is 0.207. The Morgan fingerprint density at radius 1 is 1.35 bits per heavy atom. The van der Waals surface area contributed by atoms with Gasteiger partial charge >= 0.3 is 0 Å². The Morgan fingerprint density at radius 3 is 2.59 bits per heavy atom. The third-order valence-corrected chi connectivity index (χ3v) is 4.36. The van der Waals surface area contributed by atoms with E-state index < -0.39 is 0 Å². The van der Waals surface area contributed by atoms with Gasteiger partial charge in [-0.25, -0.2) is 0 Å². The highest BCUT2D eigenvalue weighted by atomic mass is 15.0. The first kappa shape index (κ1) is 14.5. The summed E-state index contributed by atoms with van der Waals surface area (Å²) >= 11 is 0. The van der Waals surface area contributed by atoms with Crippen LogP contribution in [0.25, 0.3) is 0 Å². The second-order valence-electron chi connectivity index (χ2n) is 6.54. The zero-order valence-corrected chi connectivity index (χ0v) is 11.7. The fourth-order valence-electron chi connectivity index (χ4n) is 2.96. The zero-order chi connectivity index (χ0) is 12.9. The average molecular weight is 236 g/mol. The van der Waals surface area contributed by atoms with E-state index in [1.807, 2.05) is 0 Å². The van der Waals surface area contributed by atoms with Crippen molar-refractivity contribution in [2.24, 2.45) is 17.1 Å². The number of nitrogens with one attached hydrogen (secondary N) is 1. The highest BCUT2D eigenvalue weighted by Crippen LogP contribution is 2.39. The van der Waals surface area contributed by atoms with Crippen molar-refractivity contribution in [3.8, 4) is 12.3 Å². The van der Waals surface area contributed by atoms with Gasteiger partial charge in [-0.3, -0.25) is 5.32 Å². The van der Waals surface area contributed by atoms with Crippen LogP contribution in [0.2, 0.25) is 0 Å². The monoisotopic (exact) mass is 236 g/mol. The Hall–Kier alpha value is -0.520. The molecule has 17 heavy (non-hydrogen) atoms. The minimum absolute atomic E-state index is 0.0897. The van der Waals surface area contributed by atoms with Crippen LogP contribution in [-0.4, -0.2) is 18.6 Å². The molecule has 2 unspecified atom stereocenters. The van der Waals surface area contributed by atoms with Gasteiger partial charge in [0, 0.05) is 12.1 Å². The SMILES string of the molecule is C#CCNC1(CN)CCCC(C(C)(C)C)CC1. The van der Waals surface area contributed by atoms with Gasteiger partial charge in [0.15, 0.2) is 0 Å². The molecule has 0 radical (unpaired) electrons. The average Bonchev–Trinajstić information content (AvgIpc) is 2.49. The van der Waals surface area contributed by atoms with Gasteiger partial charge in [0.1, 0.15) is 0 Å². The maximum absolute atomic E-state index is 5.97. The predicted molar refractivity (Wildman–Crippen MR) is 74.7 cm³/mol. The molecule has 2 nitrogen and oxygen atoms in total. The molecule has 0 aromatic rings. The summed E-state index contributed by atoms with van der Waals surface area (Å²) in [5, 5.41) is 3.49. The van der Waals surface area contributed by atoms with Gasteiger partial charge in [-0.2, -0.15) is 0 Å². The van der Waals surface area contributed by atoms with Gasteiger partial charge < -0.3 is 5.73 Å². The molecule has 2 heteroatoms. The van der Waals surface area contributed by atoms with Crippen molar-refractivity contribution in [3.05, 3.63) is 0 Å². The van der Waals surface area contributed by atoms with E-state index in [0.717, 1.165) is 18.8 Å². The van der Waals surface area contributed by atoms with Crippen LogP contribution in [0.5, 0.6) is 0 Å². The maximum Gasteiger partial charge on any atom is 0.0578 e. The van der Waals surface area contributed by atoms with E-state index >= 15 is 0 Å². The largest absolute Gasteiger partial charge is 0.329 e. The minimum atomic E-state index is 0.0897. The molecule has 0 heterocycles. The van der Waals surface area contributed by atoms with Crippen molar-refractivity contribution in [1.82, 2.24) is 5.32 Å². The van der Waals surface area contributed by atoms with Gasteiger partial charge in [0.05, 0.1) is 6.54 Å². The maximum atomic E-state index is 5.97. The molecule has 0 aliphatic heterocycles. The first-order valence-electron chi connectivity index (χ1n) is 6.82. The van der Waals surface area contributed by atoms with E-state index in [2.05, 4.69) is 32.0 Å². The number of hydrogen-bond donors (Lipinski definition) is 2. The predicted octanol–water partition coefficient (Wildman–Crippen LogP) is 2.53. The number of rotatable bonds is 3.